The summed E-state index contributed by atoms with van der Waals surface area (Å²) in [6.45, 7) is 12.2. The molecule has 0 fully saturated rings. The molecule has 11 nitrogen and oxygen atoms in total. The molecule has 3 rings (SSSR count). The van der Waals surface area contributed by atoms with Crippen molar-refractivity contribution in [3.8, 4) is 0 Å². The summed E-state index contributed by atoms with van der Waals surface area (Å²) in [5.74, 6) is -0.892. The van der Waals surface area contributed by atoms with Gasteiger partial charge in [0.2, 0.25) is 0 Å². The number of nitrogens with one attached hydrogen (secondary N) is 2. The van der Waals surface area contributed by atoms with Crippen molar-refractivity contribution in [1.82, 2.24) is 25.5 Å². The predicted molar refractivity (Wildman–Crippen MR) is 200 cm³/mol. The molecule has 6 N–H and O–H groups in total. The molecule has 0 saturated carbocycles. The zero-order valence-electron chi connectivity index (χ0n) is 30.2. The van der Waals surface area contributed by atoms with Crippen molar-refractivity contribution < 1.29 is 19.1 Å². The smallest absolute Gasteiger partial charge is 0.410 e. The lowest BCUT2D eigenvalue weighted by Crippen LogP contribution is -2.42. The van der Waals surface area contributed by atoms with E-state index in [1.54, 1.807) is 4.90 Å². The summed E-state index contributed by atoms with van der Waals surface area (Å²) in [6, 6.07) is 15.4. The Labute approximate surface area is 301 Å². The van der Waals surface area contributed by atoms with Gasteiger partial charge in [-0.25, -0.2) is 14.8 Å². The van der Waals surface area contributed by atoms with Gasteiger partial charge in [-0.15, -0.1) is 0 Å². The highest BCUT2D eigenvalue weighted by Crippen LogP contribution is 2.21. The number of unbranched alkanes of at least 4 members (excludes halogenated alkanes) is 3. The molecule has 0 radical (unpaired) electrons. The molecule has 2 amide bonds. The number of anilines is 2. The van der Waals surface area contributed by atoms with Crippen LogP contribution in [0.2, 0.25) is 5.15 Å². The van der Waals surface area contributed by atoms with Crippen molar-refractivity contribution in [2.45, 2.75) is 91.7 Å². The van der Waals surface area contributed by atoms with Gasteiger partial charge in [-0.2, -0.15) is 0 Å². The van der Waals surface area contributed by atoms with E-state index < -0.39 is 17.6 Å². The van der Waals surface area contributed by atoms with Crippen molar-refractivity contribution in [1.29, 1.82) is 0 Å². The standard InChI is InChI=1S/C38H54ClN7O4/c1-6-7-8-11-20-42-21-12-15-31(47)29-18-16-27(17-19-29)24-46(37(49)50-38(3,4)5)25-28(22-30-14-10-9-13-26(30)2)23-43-36(48)32-34(40)45-35(41)33(39)44-32/h9-10,13-14,16-19,28,42H,6-8,11-12,15,20-25H2,1-5H3,(H,43,48)(H4,40,41,45)/t28-/m0/s1. The Kier molecular flexibility index (Phi) is 16.0. The lowest BCUT2D eigenvalue weighted by molar-refractivity contribution is 0.0202. The van der Waals surface area contributed by atoms with Gasteiger partial charge < -0.3 is 31.7 Å². The molecule has 0 aliphatic carbocycles. The van der Waals surface area contributed by atoms with Crippen molar-refractivity contribution in [2.75, 3.05) is 37.6 Å². The van der Waals surface area contributed by atoms with Gasteiger partial charge in [0.15, 0.2) is 28.3 Å². The van der Waals surface area contributed by atoms with Crippen LogP contribution in [0.4, 0.5) is 16.4 Å². The first kappa shape index (κ1) is 40.2. The van der Waals surface area contributed by atoms with Crippen molar-refractivity contribution in [2.24, 2.45) is 5.92 Å². The third-order valence-electron chi connectivity index (χ3n) is 8.19. The molecule has 1 heterocycles. The molecule has 3 aromatic rings. The number of Topliss-reactive ketones (excluding diaryl/α,β-unsaturated/α-hetero) is 1. The fraction of sp³-hybridized carbons (Fsp3) is 0.500. The highest BCUT2D eigenvalue weighted by Gasteiger charge is 2.27. The van der Waals surface area contributed by atoms with E-state index in [2.05, 4.69) is 27.5 Å². The number of amides is 2. The van der Waals surface area contributed by atoms with Crippen LogP contribution in [0.1, 0.15) is 104 Å². The Morgan fingerprint density at radius 1 is 0.940 bits per heavy atom. The highest BCUT2D eigenvalue weighted by atomic mass is 35.5. The average molecular weight is 708 g/mol. The zero-order valence-corrected chi connectivity index (χ0v) is 30.9. The van der Waals surface area contributed by atoms with E-state index in [-0.39, 0.29) is 53.8 Å². The van der Waals surface area contributed by atoms with Crippen LogP contribution in [0.25, 0.3) is 0 Å². The van der Waals surface area contributed by atoms with E-state index in [9.17, 15) is 14.4 Å². The number of aromatic nitrogens is 2. The van der Waals surface area contributed by atoms with Gasteiger partial charge in [0, 0.05) is 31.6 Å². The number of benzene rings is 2. The number of carbonyl (C=O) groups is 3. The van der Waals surface area contributed by atoms with E-state index in [1.807, 2.05) is 76.2 Å². The Morgan fingerprint density at radius 2 is 1.64 bits per heavy atom. The summed E-state index contributed by atoms with van der Waals surface area (Å²) in [6.07, 6.45) is 6.20. The Bertz CT molecular complexity index is 1560. The molecule has 0 aliphatic heterocycles. The topological polar surface area (TPSA) is 166 Å². The number of rotatable bonds is 19. The monoisotopic (exact) mass is 707 g/mol. The third kappa shape index (κ3) is 13.6. The lowest BCUT2D eigenvalue weighted by atomic mass is 9.95. The van der Waals surface area contributed by atoms with Gasteiger partial charge in [-0.3, -0.25) is 9.59 Å². The molecule has 272 valence electrons. The summed E-state index contributed by atoms with van der Waals surface area (Å²) in [7, 11) is 0. The number of hydrogen-bond donors (Lipinski definition) is 4. The van der Waals surface area contributed by atoms with Crippen molar-refractivity contribution >= 4 is 41.0 Å². The maximum Gasteiger partial charge on any atom is 0.410 e. The summed E-state index contributed by atoms with van der Waals surface area (Å²) < 4.78 is 5.81. The molecule has 0 saturated heterocycles. The van der Waals surface area contributed by atoms with Gasteiger partial charge in [0.25, 0.3) is 5.91 Å². The average Bonchev–Trinajstić information content (AvgIpc) is 3.06. The molecule has 50 heavy (non-hydrogen) atoms. The van der Waals surface area contributed by atoms with Crippen LogP contribution >= 0.6 is 11.6 Å². The number of carbonyl (C=O) groups excluding carboxylic acids is 3. The summed E-state index contributed by atoms with van der Waals surface area (Å²) in [5, 5.41) is 6.21. The Morgan fingerprint density at radius 3 is 2.32 bits per heavy atom. The first-order chi connectivity index (χ1) is 23.8. The maximum absolute atomic E-state index is 13.6. The van der Waals surface area contributed by atoms with Crippen LogP contribution in [0.15, 0.2) is 48.5 Å². The molecular weight excluding hydrogens is 654 g/mol. The lowest BCUT2D eigenvalue weighted by Gasteiger charge is -2.31. The minimum atomic E-state index is -0.722. The minimum absolute atomic E-state index is 0.0654. The van der Waals surface area contributed by atoms with Crippen LogP contribution in [0.5, 0.6) is 0 Å². The van der Waals surface area contributed by atoms with E-state index in [0.717, 1.165) is 42.6 Å². The molecule has 0 spiro atoms. The number of halogens is 1. The Balaban J connectivity index is 1.74. The number of aryl methyl sites for hydroxylation is 1. The van der Waals surface area contributed by atoms with Gasteiger partial charge >= 0.3 is 6.09 Å². The highest BCUT2D eigenvalue weighted by molar-refractivity contribution is 6.31. The summed E-state index contributed by atoms with van der Waals surface area (Å²) >= 11 is 6.02. The van der Waals surface area contributed by atoms with Gasteiger partial charge in [0.05, 0.1) is 0 Å². The first-order valence-corrected chi connectivity index (χ1v) is 17.9. The predicted octanol–water partition coefficient (Wildman–Crippen LogP) is 6.76. The number of hydrogen-bond acceptors (Lipinski definition) is 9. The van der Waals surface area contributed by atoms with Crippen molar-refractivity contribution in [3.63, 3.8) is 0 Å². The molecule has 0 aliphatic rings. The van der Waals surface area contributed by atoms with Crippen molar-refractivity contribution in [3.05, 3.63) is 81.6 Å². The summed E-state index contributed by atoms with van der Waals surface area (Å²) in [5.41, 5.74) is 14.4. The fourth-order valence-corrected chi connectivity index (χ4v) is 5.59. The van der Waals surface area contributed by atoms with Crippen LogP contribution in [0, 0.1) is 12.8 Å². The molecular formula is C38H54ClN7O4. The van der Waals surface area contributed by atoms with E-state index >= 15 is 0 Å². The number of ketones is 1. The van der Waals surface area contributed by atoms with Gasteiger partial charge in [0.1, 0.15) is 5.60 Å². The molecule has 2 aromatic carbocycles. The number of ether oxygens (including phenoxy) is 1. The normalized spacial score (nSPS) is 12.0. The van der Waals surface area contributed by atoms with E-state index in [4.69, 9.17) is 27.8 Å². The molecule has 12 heteroatoms. The second-order valence-corrected chi connectivity index (χ2v) is 14.1. The maximum atomic E-state index is 13.6. The number of nitrogens with two attached hydrogens (primary N) is 2. The summed E-state index contributed by atoms with van der Waals surface area (Å²) in [4.78, 5) is 49.2. The second-order valence-electron chi connectivity index (χ2n) is 13.7. The molecule has 1 aromatic heterocycles. The quantitative estimate of drug-likeness (QED) is 0.0778. The van der Waals surface area contributed by atoms with Gasteiger partial charge in [-0.05, 0) is 82.7 Å². The fourth-order valence-electron chi connectivity index (χ4n) is 5.46. The largest absolute Gasteiger partial charge is 0.444 e. The zero-order chi connectivity index (χ0) is 36.7. The van der Waals surface area contributed by atoms with E-state index in [0.29, 0.717) is 18.4 Å². The molecule has 0 unspecified atom stereocenters. The SMILES string of the molecule is CCCCCCNCCCC(=O)c1ccc(CN(C[C@H](CNC(=O)c2nc(Cl)c(N)nc2N)Cc2ccccc2C)C(=O)OC(C)(C)C)cc1. The third-order valence-corrected chi connectivity index (χ3v) is 8.46. The first-order valence-electron chi connectivity index (χ1n) is 17.5. The molecule has 1 atom stereocenters. The van der Waals surface area contributed by atoms with E-state index in [1.165, 1.54) is 19.3 Å². The minimum Gasteiger partial charge on any atom is -0.444 e. The molecule has 0 bridgehead atoms. The van der Waals surface area contributed by atoms with Crippen LogP contribution < -0.4 is 22.1 Å². The Hall–Kier alpha value is -4.22. The number of nitrogen functional groups attached to an aromatic ring is 2. The second kappa shape index (κ2) is 19.8. The van der Waals surface area contributed by atoms with Crippen LogP contribution in [0.3, 0.4) is 0 Å². The number of nitrogens with zero attached hydrogens (tertiary/aromatic N) is 3. The van der Waals surface area contributed by atoms with Gasteiger partial charge in [-0.1, -0.05) is 86.3 Å². The van der Waals surface area contributed by atoms with Crippen LogP contribution in [-0.2, 0) is 17.7 Å². The van der Waals surface area contributed by atoms with Crippen LogP contribution in [-0.4, -0.2) is 64.4 Å².